The summed E-state index contributed by atoms with van der Waals surface area (Å²) in [7, 11) is 0. The molecule has 1 aliphatic heterocycles. The van der Waals surface area contributed by atoms with E-state index >= 15 is 0 Å². The maximum atomic E-state index is 12.6. The van der Waals surface area contributed by atoms with Crippen LogP contribution in [-0.2, 0) is 0 Å². The maximum absolute atomic E-state index is 12.6. The molecule has 160 valence electrons. The van der Waals surface area contributed by atoms with Crippen LogP contribution in [-0.4, -0.2) is 36.0 Å². The molecule has 0 saturated carbocycles. The first-order valence-electron chi connectivity index (χ1n) is 10.3. The lowest BCUT2D eigenvalue weighted by Crippen LogP contribution is -2.47. The summed E-state index contributed by atoms with van der Waals surface area (Å²) in [6, 6.07) is 16.4. The van der Waals surface area contributed by atoms with Gasteiger partial charge in [-0.1, -0.05) is 24.3 Å². The third kappa shape index (κ3) is 5.25. The zero-order chi connectivity index (χ0) is 21.6. The lowest BCUT2D eigenvalue weighted by Gasteiger charge is -2.32. The molecule has 0 atom stereocenters. The van der Waals surface area contributed by atoms with Gasteiger partial charge in [0.1, 0.15) is 12.0 Å². The van der Waals surface area contributed by atoms with Crippen molar-refractivity contribution in [1.82, 2.24) is 10.2 Å². The molecule has 31 heavy (non-hydrogen) atoms. The number of likely N-dealkylation sites (tertiary alicyclic amines) is 1. The first-order valence-corrected chi connectivity index (χ1v) is 10.3. The average molecular weight is 419 g/mol. The highest BCUT2D eigenvalue weighted by molar-refractivity contribution is 5.94. The molecule has 4 rings (SSSR count). The van der Waals surface area contributed by atoms with Crippen molar-refractivity contribution in [2.75, 3.05) is 18.4 Å². The van der Waals surface area contributed by atoms with E-state index in [1.54, 1.807) is 17.0 Å². The lowest BCUT2D eigenvalue weighted by molar-refractivity contribution is 0.0708. The molecule has 1 saturated heterocycles. The zero-order valence-corrected chi connectivity index (χ0v) is 17.3. The van der Waals surface area contributed by atoms with Crippen LogP contribution in [0.1, 0.15) is 28.8 Å². The number of nitrogens with one attached hydrogen (secondary N) is 2. The molecule has 0 unspecified atom stereocenters. The predicted molar refractivity (Wildman–Crippen MR) is 117 cm³/mol. The molecular formula is C24H25N3O4. The number of hydrogen-bond donors (Lipinski definition) is 2. The number of carbonyl (C=O) groups is 2. The Morgan fingerprint density at radius 1 is 1.06 bits per heavy atom. The quantitative estimate of drug-likeness (QED) is 0.622. The van der Waals surface area contributed by atoms with Gasteiger partial charge in [-0.3, -0.25) is 4.79 Å². The molecule has 0 bridgehead atoms. The topological polar surface area (TPSA) is 83.8 Å². The minimum Gasteiger partial charge on any atom is -0.472 e. The highest BCUT2D eigenvalue weighted by Crippen LogP contribution is 2.29. The summed E-state index contributed by atoms with van der Waals surface area (Å²) in [6.07, 6.45) is 4.33. The van der Waals surface area contributed by atoms with Gasteiger partial charge in [0.25, 0.3) is 5.91 Å². The normalized spacial score (nSPS) is 14.2. The van der Waals surface area contributed by atoms with Gasteiger partial charge in [0.15, 0.2) is 5.75 Å². The number of amides is 3. The van der Waals surface area contributed by atoms with Gasteiger partial charge in [-0.25, -0.2) is 4.79 Å². The highest BCUT2D eigenvalue weighted by atomic mass is 16.5. The minimum absolute atomic E-state index is 0.00162. The summed E-state index contributed by atoms with van der Waals surface area (Å²) in [5.74, 6) is 1.24. The van der Waals surface area contributed by atoms with E-state index in [1.165, 1.54) is 12.5 Å². The van der Waals surface area contributed by atoms with E-state index in [2.05, 4.69) is 10.6 Å². The second-order valence-electron chi connectivity index (χ2n) is 7.59. The standard InChI is InChI=1S/C24H25N3O4/c1-17-5-4-6-20(15-17)31-22-8-3-2-7-21(22)26-24(29)25-19-9-12-27(13-10-19)23(28)18-11-14-30-16-18/h2-8,11,14-16,19H,9-10,12-13H2,1H3,(H2,25,26,29). The smallest absolute Gasteiger partial charge is 0.319 e. The summed E-state index contributed by atoms with van der Waals surface area (Å²) in [6.45, 7) is 3.17. The Bertz CT molecular complexity index is 1040. The maximum Gasteiger partial charge on any atom is 0.319 e. The molecule has 1 aliphatic rings. The Labute approximate surface area is 181 Å². The van der Waals surface area contributed by atoms with E-state index < -0.39 is 0 Å². The number of urea groups is 1. The van der Waals surface area contributed by atoms with Crippen molar-refractivity contribution in [3.8, 4) is 11.5 Å². The Balaban J connectivity index is 1.31. The molecule has 0 aliphatic carbocycles. The molecular weight excluding hydrogens is 394 g/mol. The van der Waals surface area contributed by atoms with Crippen LogP contribution < -0.4 is 15.4 Å². The number of rotatable bonds is 5. The molecule has 0 spiro atoms. The summed E-state index contributed by atoms with van der Waals surface area (Å²) in [5.41, 5.74) is 2.24. The first-order chi connectivity index (χ1) is 15.1. The van der Waals surface area contributed by atoms with Crippen LogP contribution in [0.3, 0.4) is 0 Å². The van der Waals surface area contributed by atoms with Crippen molar-refractivity contribution >= 4 is 17.6 Å². The number of piperidine rings is 1. The van der Waals surface area contributed by atoms with Crippen molar-refractivity contribution < 1.29 is 18.7 Å². The molecule has 2 aromatic carbocycles. The van der Waals surface area contributed by atoms with Crippen LogP contribution in [0.15, 0.2) is 71.5 Å². The van der Waals surface area contributed by atoms with Crippen molar-refractivity contribution in [3.63, 3.8) is 0 Å². The van der Waals surface area contributed by atoms with Gasteiger partial charge in [0.05, 0.1) is 17.5 Å². The van der Waals surface area contributed by atoms with Crippen molar-refractivity contribution in [2.24, 2.45) is 0 Å². The first kappa shape index (κ1) is 20.5. The van der Waals surface area contributed by atoms with Gasteiger partial charge >= 0.3 is 6.03 Å². The monoisotopic (exact) mass is 419 g/mol. The lowest BCUT2D eigenvalue weighted by atomic mass is 10.0. The molecule has 1 fully saturated rings. The number of para-hydroxylation sites is 2. The fraction of sp³-hybridized carbons (Fsp3) is 0.250. The Morgan fingerprint density at radius 3 is 2.61 bits per heavy atom. The number of nitrogens with zero attached hydrogens (tertiary/aromatic N) is 1. The summed E-state index contributed by atoms with van der Waals surface area (Å²) in [4.78, 5) is 26.7. The molecule has 1 aromatic heterocycles. The molecule has 2 N–H and O–H groups in total. The Kier molecular flexibility index (Phi) is 6.21. The van der Waals surface area contributed by atoms with Crippen LogP contribution in [0, 0.1) is 6.92 Å². The van der Waals surface area contributed by atoms with E-state index in [4.69, 9.17) is 9.15 Å². The van der Waals surface area contributed by atoms with Crippen molar-refractivity contribution in [3.05, 3.63) is 78.3 Å². The van der Waals surface area contributed by atoms with Crippen LogP contribution in [0.5, 0.6) is 11.5 Å². The third-order valence-corrected chi connectivity index (χ3v) is 5.24. The summed E-state index contributed by atoms with van der Waals surface area (Å²) in [5, 5.41) is 5.88. The summed E-state index contributed by atoms with van der Waals surface area (Å²) >= 11 is 0. The van der Waals surface area contributed by atoms with Gasteiger partial charge in [-0.15, -0.1) is 0 Å². The molecule has 7 heteroatoms. The Hall–Kier alpha value is -3.74. The number of benzene rings is 2. The van der Waals surface area contributed by atoms with E-state index in [0.717, 1.165) is 5.56 Å². The van der Waals surface area contributed by atoms with E-state index in [-0.39, 0.29) is 18.0 Å². The van der Waals surface area contributed by atoms with Crippen LogP contribution in [0.25, 0.3) is 0 Å². The third-order valence-electron chi connectivity index (χ3n) is 5.24. The van der Waals surface area contributed by atoms with Gasteiger partial charge < -0.3 is 24.7 Å². The number of hydrogen-bond acceptors (Lipinski definition) is 4. The number of furan rings is 1. The van der Waals surface area contributed by atoms with Gasteiger partial charge in [0, 0.05) is 19.1 Å². The number of aryl methyl sites for hydroxylation is 1. The van der Waals surface area contributed by atoms with Gasteiger partial charge in [0.2, 0.25) is 0 Å². The van der Waals surface area contributed by atoms with E-state index in [0.29, 0.717) is 48.7 Å². The largest absolute Gasteiger partial charge is 0.472 e. The van der Waals surface area contributed by atoms with Gasteiger partial charge in [-0.05, 0) is 55.7 Å². The second-order valence-corrected chi connectivity index (χ2v) is 7.59. The SMILES string of the molecule is Cc1cccc(Oc2ccccc2NC(=O)NC2CCN(C(=O)c3ccoc3)CC2)c1. The number of anilines is 1. The minimum atomic E-state index is -0.292. The zero-order valence-electron chi connectivity index (χ0n) is 17.3. The average Bonchev–Trinajstić information content (AvgIpc) is 3.30. The van der Waals surface area contributed by atoms with Crippen molar-refractivity contribution in [1.29, 1.82) is 0 Å². The predicted octanol–water partition coefficient (Wildman–Crippen LogP) is 4.81. The van der Waals surface area contributed by atoms with Crippen LogP contribution in [0.2, 0.25) is 0 Å². The fourth-order valence-corrected chi connectivity index (χ4v) is 3.60. The van der Waals surface area contributed by atoms with Gasteiger partial charge in [-0.2, -0.15) is 0 Å². The van der Waals surface area contributed by atoms with E-state index in [1.807, 2.05) is 49.4 Å². The molecule has 3 amide bonds. The van der Waals surface area contributed by atoms with Crippen LogP contribution in [0.4, 0.5) is 10.5 Å². The van der Waals surface area contributed by atoms with Crippen LogP contribution >= 0.6 is 0 Å². The molecule has 3 aromatic rings. The molecule has 2 heterocycles. The summed E-state index contributed by atoms with van der Waals surface area (Å²) < 4.78 is 10.9. The Morgan fingerprint density at radius 2 is 1.87 bits per heavy atom. The molecule has 7 nitrogen and oxygen atoms in total. The number of carbonyl (C=O) groups excluding carboxylic acids is 2. The molecule has 0 radical (unpaired) electrons. The second kappa shape index (κ2) is 9.38. The highest BCUT2D eigenvalue weighted by Gasteiger charge is 2.25. The van der Waals surface area contributed by atoms with E-state index in [9.17, 15) is 9.59 Å². The number of ether oxygens (including phenoxy) is 1. The van der Waals surface area contributed by atoms with Crippen molar-refractivity contribution in [2.45, 2.75) is 25.8 Å². The fourth-order valence-electron chi connectivity index (χ4n) is 3.60.